The molecule has 38 heavy (non-hydrogen) atoms. The highest BCUT2D eigenvalue weighted by atomic mass is 19.1. The smallest absolute Gasteiger partial charge is 0.297 e. The van der Waals surface area contributed by atoms with E-state index in [1.165, 1.54) is 12.0 Å². The molecule has 0 amide bonds. The van der Waals surface area contributed by atoms with Crippen LogP contribution < -0.4 is 10.1 Å². The molecule has 2 aromatic carbocycles. The van der Waals surface area contributed by atoms with Gasteiger partial charge in [-0.25, -0.2) is 4.39 Å². The fourth-order valence-electron chi connectivity index (χ4n) is 5.88. The van der Waals surface area contributed by atoms with Gasteiger partial charge in [0.2, 0.25) is 0 Å². The van der Waals surface area contributed by atoms with Crippen LogP contribution in [-0.2, 0) is 12.1 Å². The number of rotatable bonds is 5. The number of hydrogen-bond acceptors (Lipinski definition) is 4. The van der Waals surface area contributed by atoms with Gasteiger partial charge in [-0.3, -0.25) is 9.88 Å². The van der Waals surface area contributed by atoms with Gasteiger partial charge in [0.1, 0.15) is 11.9 Å². The third kappa shape index (κ3) is 4.06. The Labute approximate surface area is 221 Å². The average molecular weight is 508 g/mol. The molecule has 4 heterocycles. The van der Waals surface area contributed by atoms with Crippen LogP contribution in [0.5, 0.6) is 0 Å². The molecule has 1 saturated heterocycles. The van der Waals surface area contributed by atoms with E-state index in [0.717, 1.165) is 65.1 Å². The molecule has 7 rings (SSSR count). The molecule has 3 aromatic heterocycles. The third-order valence-corrected chi connectivity index (χ3v) is 8.39. The van der Waals surface area contributed by atoms with E-state index in [9.17, 15) is 4.39 Å². The molecule has 192 valence electrons. The standard InChI is InChI=1S/C31H32FN6/c32-25-11-16-36(17-12-25)21-29-35-38(26-9-7-24(8-10-26)31(33)14-4-15-31)30-27-19-23(22-5-2-1-3-6-22)20-34-28(27)13-18-37(29)30/h1-3,5-10,13,18-20,25H,4,11-12,14-17,21,33H2/q+1. The molecular formula is C31H32FN6+. The Balaban J connectivity index is 1.38. The minimum Gasteiger partial charge on any atom is -0.321 e. The number of nitrogens with zero attached hydrogens (tertiary/aromatic N) is 5. The average Bonchev–Trinajstić information content (AvgIpc) is 3.32. The molecule has 0 unspecified atom stereocenters. The summed E-state index contributed by atoms with van der Waals surface area (Å²) >= 11 is 0. The highest BCUT2D eigenvalue weighted by Gasteiger charge is 2.34. The molecule has 2 aliphatic rings. The van der Waals surface area contributed by atoms with E-state index < -0.39 is 6.17 Å². The van der Waals surface area contributed by atoms with E-state index in [4.69, 9.17) is 15.8 Å². The maximum Gasteiger partial charge on any atom is 0.297 e. The number of piperidine rings is 1. The van der Waals surface area contributed by atoms with E-state index in [1.807, 2.05) is 29.1 Å². The first-order valence-electron chi connectivity index (χ1n) is 13.6. The highest BCUT2D eigenvalue weighted by Crippen LogP contribution is 2.38. The summed E-state index contributed by atoms with van der Waals surface area (Å²) in [4.78, 5) is 7.12. The second kappa shape index (κ2) is 9.26. The molecule has 1 saturated carbocycles. The van der Waals surface area contributed by atoms with Crippen molar-refractivity contribution in [3.05, 3.63) is 90.5 Å². The molecule has 6 nitrogen and oxygen atoms in total. The number of likely N-dealkylation sites (tertiary alicyclic amines) is 1. The van der Waals surface area contributed by atoms with E-state index in [2.05, 4.69) is 64.0 Å². The van der Waals surface area contributed by atoms with Gasteiger partial charge < -0.3 is 5.73 Å². The topological polar surface area (TPSA) is 64.1 Å². The summed E-state index contributed by atoms with van der Waals surface area (Å²) in [7, 11) is 0. The van der Waals surface area contributed by atoms with Crippen molar-refractivity contribution in [2.75, 3.05) is 13.1 Å². The van der Waals surface area contributed by atoms with Crippen LogP contribution in [0.3, 0.4) is 0 Å². The van der Waals surface area contributed by atoms with Crippen molar-refractivity contribution in [3.63, 3.8) is 0 Å². The Hall–Kier alpha value is -3.68. The summed E-state index contributed by atoms with van der Waals surface area (Å²) in [5.41, 5.74) is 12.7. The maximum atomic E-state index is 13.8. The maximum absolute atomic E-state index is 13.8. The lowest BCUT2D eigenvalue weighted by Gasteiger charge is -2.38. The monoisotopic (exact) mass is 507 g/mol. The first-order chi connectivity index (χ1) is 18.6. The van der Waals surface area contributed by atoms with Gasteiger partial charge in [-0.15, -0.1) is 0 Å². The van der Waals surface area contributed by atoms with E-state index in [1.54, 1.807) is 0 Å². The number of hydrogen-bond donors (Lipinski definition) is 1. The lowest BCUT2D eigenvalue weighted by molar-refractivity contribution is -0.523. The van der Waals surface area contributed by atoms with Crippen LogP contribution in [0.15, 0.2) is 79.1 Å². The second-order valence-corrected chi connectivity index (χ2v) is 10.9. The Kier molecular flexibility index (Phi) is 5.71. The van der Waals surface area contributed by atoms with Crippen LogP contribution in [-0.4, -0.2) is 38.9 Å². The van der Waals surface area contributed by atoms with Crippen LogP contribution in [0.25, 0.3) is 33.4 Å². The van der Waals surface area contributed by atoms with Gasteiger partial charge in [-0.1, -0.05) is 47.1 Å². The zero-order chi connectivity index (χ0) is 25.7. The van der Waals surface area contributed by atoms with E-state index in [0.29, 0.717) is 19.4 Å². The van der Waals surface area contributed by atoms with Crippen molar-refractivity contribution < 1.29 is 8.79 Å². The van der Waals surface area contributed by atoms with Crippen LogP contribution in [0.4, 0.5) is 4.39 Å². The minimum atomic E-state index is -0.695. The third-order valence-electron chi connectivity index (χ3n) is 8.39. The zero-order valence-corrected chi connectivity index (χ0v) is 21.4. The van der Waals surface area contributed by atoms with E-state index in [-0.39, 0.29) is 5.54 Å². The molecule has 2 N–H and O–H groups in total. The molecule has 0 spiro atoms. The van der Waals surface area contributed by atoms with Crippen molar-refractivity contribution in [2.45, 2.75) is 50.4 Å². The first kappa shape index (κ1) is 23.4. The Bertz CT molecular complexity index is 1600. The van der Waals surface area contributed by atoms with Gasteiger partial charge in [-0.05, 0) is 67.5 Å². The fourth-order valence-corrected chi connectivity index (χ4v) is 5.88. The van der Waals surface area contributed by atoms with Crippen molar-refractivity contribution in [1.82, 2.24) is 19.7 Å². The van der Waals surface area contributed by atoms with Gasteiger partial charge in [0.15, 0.2) is 0 Å². The molecule has 1 aliphatic carbocycles. The molecule has 0 bridgehead atoms. The van der Waals surface area contributed by atoms with Crippen LogP contribution in [0.2, 0.25) is 0 Å². The SMILES string of the molecule is NC1(c2ccc(-n3nc(CN4CCC(F)CC4)[n+]4ccc5ncc(-c6ccccc6)cc5c34)cc2)CCC1. The highest BCUT2D eigenvalue weighted by molar-refractivity contribution is 5.92. The number of fused-ring (bicyclic) bond motifs is 3. The Morgan fingerprint density at radius 3 is 2.45 bits per heavy atom. The number of alkyl halides is 1. The summed E-state index contributed by atoms with van der Waals surface area (Å²) in [5, 5.41) is 6.17. The summed E-state index contributed by atoms with van der Waals surface area (Å²) in [5.74, 6) is 0.933. The summed E-state index contributed by atoms with van der Waals surface area (Å²) in [6.45, 7) is 2.16. The first-order valence-corrected chi connectivity index (χ1v) is 13.6. The number of benzene rings is 2. The number of halogens is 1. The largest absolute Gasteiger partial charge is 0.321 e. The van der Waals surface area contributed by atoms with Crippen LogP contribution in [0, 0.1) is 0 Å². The van der Waals surface area contributed by atoms with Gasteiger partial charge in [-0.2, -0.15) is 4.40 Å². The quantitative estimate of drug-likeness (QED) is 0.336. The predicted octanol–water partition coefficient (Wildman–Crippen LogP) is 5.10. The van der Waals surface area contributed by atoms with Gasteiger partial charge in [0.25, 0.3) is 11.5 Å². The molecule has 7 heteroatoms. The van der Waals surface area contributed by atoms with E-state index >= 15 is 0 Å². The number of pyridine rings is 2. The van der Waals surface area contributed by atoms with Gasteiger partial charge >= 0.3 is 0 Å². The Morgan fingerprint density at radius 2 is 1.74 bits per heavy atom. The molecule has 0 atom stereocenters. The van der Waals surface area contributed by atoms with Gasteiger partial charge in [0.05, 0.1) is 23.6 Å². The summed E-state index contributed by atoms with van der Waals surface area (Å²) < 4.78 is 18.0. The Morgan fingerprint density at radius 1 is 0.974 bits per heavy atom. The van der Waals surface area contributed by atoms with Crippen LogP contribution >= 0.6 is 0 Å². The predicted molar refractivity (Wildman–Crippen MR) is 147 cm³/mol. The number of nitrogens with two attached hydrogens (primary N) is 1. The van der Waals surface area contributed by atoms with Crippen molar-refractivity contribution in [1.29, 1.82) is 0 Å². The molecule has 2 fully saturated rings. The van der Waals surface area contributed by atoms with Crippen molar-refractivity contribution in [3.8, 4) is 16.8 Å². The fraction of sp³-hybridized carbons (Fsp3) is 0.323. The number of aromatic nitrogens is 4. The zero-order valence-electron chi connectivity index (χ0n) is 21.4. The van der Waals surface area contributed by atoms with Gasteiger partial charge in [0, 0.05) is 35.5 Å². The minimum absolute atomic E-state index is 0.200. The summed E-state index contributed by atoms with van der Waals surface area (Å²) in [6.07, 6.45) is 7.72. The van der Waals surface area contributed by atoms with Crippen molar-refractivity contribution in [2.24, 2.45) is 5.73 Å². The normalized spacial score (nSPS) is 18.2. The van der Waals surface area contributed by atoms with Crippen molar-refractivity contribution >= 4 is 16.6 Å². The molecule has 1 aliphatic heterocycles. The summed E-state index contributed by atoms with van der Waals surface area (Å²) in [6, 6.07) is 23.1. The molecule has 0 radical (unpaired) electrons. The second-order valence-electron chi connectivity index (χ2n) is 10.9. The van der Waals surface area contributed by atoms with Crippen LogP contribution in [0.1, 0.15) is 43.5 Å². The molecular weight excluding hydrogens is 475 g/mol. The molecule has 5 aromatic rings. The lowest BCUT2D eigenvalue weighted by atomic mass is 9.73. The lowest BCUT2D eigenvalue weighted by Crippen LogP contribution is -2.43.